The summed E-state index contributed by atoms with van der Waals surface area (Å²) in [5.41, 5.74) is 0.377. The normalized spacial score (nSPS) is 22.0. The largest absolute Gasteiger partial charge is 0.481 e. The van der Waals surface area contributed by atoms with Crippen LogP contribution in [-0.4, -0.2) is 22.0 Å². The monoisotopic (exact) mass is 318 g/mol. The van der Waals surface area contributed by atoms with Crippen molar-refractivity contribution < 1.29 is 14.7 Å². The molecule has 0 bridgehead atoms. The van der Waals surface area contributed by atoms with E-state index >= 15 is 0 Å². The topological polar surface area (TPSA) is 79.3 Å². The summed E-state index contributed by atoms with van der Waals surface area (Å²) in [6.45, 7) is 0. The van der Waals surface area contributed by atoms with Gasteiger partial charge < -0.3 is 10.4 Å². The van der Waals surface area contributed by atoms with E-state index in [1.165, 1.54) is 6.20 Å². The van der Waals surface area contributed by atoms with Gasteiger partial charge in [0.15, 0.2) is 5.15 Å². The Morgan fingerprint density at radius 2 is 2.24 bits per heavy atom. The van der Waals surface area contributed by atoms with Crippen LogP contribution in [0.1, 0.15) is 6.42 Å². The Hall–Kier alpha value is -1.14. The molecule has 1 aromatic heterocycles. The zero-order valence-electron chi connectivity index (χ0n) is 8.48. The van der Waals surface area contributed by atoms with E-state index in [-0.39, 0.29) is 11.1 Å². The molecule has 1 aliphatic rings. The molecule has 2 N–H and O–H groups in total. The number of aliphatic carboxylic acids is 1. The molecule has 0 saturated heterocycles. The van der Waals surface area contributed by atoms with Gasteiger partial charge in [-0.25, -0.2) is 4.98 Å². The van der Waals surface area contributed by atoms with E-state index in [0.717, 1.165) is 0 Å². The molecule has 1 heterocycles. The van der Waals surface area contributed by atoms with Crippen LogP contribution in [-0.2, 0) is 9.59 Å². The van der Waals surface area contributed by atoms with Crippen LogP contribution in [0.5, 0.6) is 0 Å². The van der Waals surface area contributed by atoms with Crippen molar-refractivity contribution in [1.82, 2.24) is 4.98 Å². The third-order valence-electron chi connectivity index (χ3n) is 2.51. The Labute approximate surface area is 110 Å². The molecule has 7 heteroatoms. The average molecular weight is 320 g/mol. The molecule has 2 rings (SSSR count). The minimum absolute atomic E-state index is 0.175. The van der Waals surface area contributed by atoms with Crippen molar-refractivity contribution in [3.05, 3.63) is 21.9 Å². The molecule has 5 nitrogen and oxygen atoms in total. The predicted molar refractivity (Wildman–Crippen MR) is 64.8 cm³/mol. The molecule has 0 radical (unpaired) electrons. The Balaban J connectivity index is 2.04. The van der Waals surface area contributed by atoms with Crippen LogP contribution in [0.4, 0.5) is 5.69 Å². The number of hydrogen-bond donors (Lipinski definition) is 2. The fourth-order valence-corrected chi connectivity index (χ4v) is 1.98. The second-order valence-electron chi connectivity index (χ2n) is 3.77. The number of amides is 1. The lowest BCUT2D eigenvalue weighted by Crippen LogP contribution is -2.17. The van der Waals surface area contributed by atoms with Crippen molar-refractivity contribution in [2.75, 3.05) is 5.32 Å². The van der Waals surface area contributed by atoms with Crippen molar-refractivity contribution >= 4 is 45.1 Å². The lowest BCUT2D eigenvalue weighted by molar-refractivity contribution is -0.139. The molecule has 0 aliphatic heterocycles. The molecule has 2 unspecified atom stereocenters. The van der Waals surface area contributed by atoms with Crippen LogP contribution in [0.25, 0.3) is 0 Å². The molecule has 1 aliphatic carbocycles. The summed E-state index contributed by atoms with van der Waals surface area (Å²) in [6, 6.07) is 1.62. The van der Waals surface area contributed by atoms with Crippen LogP contribution >= 0.6 is 27.5 Å². The SMILES string of the molecule is O=C(O)C1CC1C(=O)Nc1cc(Br)cnc1Cl. The van der Waals surface area contributed by atoms with Crippen molar-refractivity contribution in [1.29, 1.82) is 0 Å². The van der Waals surface area contributed by atoms with Crippen LogP contribution in [0.3, 0.4) is 0 Å². The van der Waals surface area contributed by atoms with Crippen molar-refractivity contribution in [3.63, 3.8) is 0 Å². The van der Waals surface area contributed by atoms with E-state index in [9.17, 15) is 9.59 Å². The van der Waals surface area contributed by atoms with Gasteiger partial charge in [0, 0.05) is 10.7 Å². The summed E-state index contributed by atoms with van der Waals surface area (Å²) in [5, 5.41) is 11.5. The number of aromatic nitrogens is 1. The van der Waals surface area contributed by atoms with Gasteiger partial charge in [0.25, 0.3) is 0 Å². The number of nitrogens with one attached hydrogen (secondary N) is 1. The van der Waals surface area contributed by atoms with Crippen molar-refractivity contribution in [2.24, 2.45) is 11.8 Å². The lowest BCUT2D eigenvalue weighted by Gasteiger charge is -2.06. The van der Waals surface area contributed by atoms with Crippen LogP contribution < -0.4 is 5.32 Å². The first-order valence-corrected chi connectivity index (χ1v) is 6.01. The Kier molecular flexibility index (Phi) is 3.35. The van der Waals surface area contributed by atoms with Crippen LogP contribution in [0.2, 0.25) is 5.15 Å². The number of carboxylic acids is 1. The summed E-state index contributed by atoms with van der Waals surface area (Å²) in [7, 11) is 0. The highest BCUT2D eigenvalue weighted by molar-refractivity contribution is 9.10. The molecule has 17 heavy (non-hydrogen) atoms. The van der Waals surface area contributed by atoms with Gasteiger partial charge in [0.2, 0.25) is 5.91 Å². The highest BCUT2D eigenvalue weighted by atomic mass is 79.9. The van der Waals surface area contributed by atoms with Crippen molar-refractivity contribution in [2.45, 2.75) is 6.42 Å². The number of carbonyl (C=O) groups excluding carboxylic acids is 1. The molecule has 0 spiro atoms. The summed E-state index contributed by atoms with van der Waals surface area (Å²) in [6.07, 6.45) is 1.88. The zero-order chi connectivity index (χ0) is 12.6. The van der Waals surface area contributed by atoms with Gasteiger partial charge >= 0.3 is 5.97 Å². The summed E-state index contributed by atoms with van der Waals surface area (Å²) >= 11 is 9.01. The quantitative estimate of drug-likeness (QED) is 0.837. The van der Waals surface area contributed by atoms with E-state index in [1.54, 1.807) is 6.07 Å². The number of carboxylic acid groups (broad SMARTS) is 1. The minimum atomic E-state index is -0.941. The van der Waals surface area contributed by atoms with Gasteiger partial charge in [-0.1, -0.05) is 11.6 Å². The minimum Gasteiger partial charge on any atom is -0.481 e. The second kappa shape index (κ2) is 4.62. The van der Waals surface area contributed by atoms with E-state index < -0.39 is 17.8 Å². The van der Waals surface area contributed by atoms with E-state index in [2.05, 4.69) is 26.2 Å². The Morgan fingerprint density at radius 1 is 1.53 bits per heavy atom. The van der Waals surface area contributed by atoms with Gasteiger partial charge in [0.1, 0.15) is 0 Å². The predicted octanol–water partition coefficient (Wildman–Crippen LogP) is 2.16. The average Bonchev–Trinajstić information content (AvgIpc) is 3.03. The maximum Gasteiger partial charge on any atom is 0.307 e. The standard InChI is InChI=1S/C10H8BrClN2O3/c11-4-1-7(8(12)13-3-4)14-9(15)5-2-6(5)10(16)17/h1,3,5-6H,2H2,(H,14,15)(H,16,17). The number of hydrogen-bond acceptors (Lipinski definition) is 3. The summed E-state index contributed by atoms with van der Waals surface area (Å²) < 4.78 is 0.683. The first-order chi connectivity index (χ1) is 7.99. The Bertz CT molecular complexity index is 494. The summed E-state index contributed by atoms with van der Waals surface area (Å²) in [4.78, 5) is 26.2. The van der Waals surface area contributed by atoms with E-state index in [1.807, 2.05) is 0 Å². The summed E-state index contributed by atoms with van der Waals surface area (Å²) in [5.74, 6) is -2.32. The highest BCUT2D eigenvalue weighted by Gasteiger charge is 2.48. The van der Waals surface area contributed by atoms with Gasteiger partial charge in [-0.15, -0.1) is 0 Å². The Morgan fingerprint density at radius 3 is 2.82 bits per heavy atom. The second-order valence-corrected chi connectivity index (χ2v) is 5.04. The number of nitrogens with zero attached hydrogens (tertiary/aromatic N) is 1. The van der Waals surface area contributed by atoms with Crippen LogP contribution in [0.15, 0.2) is 16.7 Å². The number of carbonyl (C=O) groups is 2. The molecule has 90 valence electrons. The molecule has 1 saturated carbocycles. The molecule has 2 atom stereocenters. The third kappa shape index (κ3) is 2.76. The van der Waals surface area contributed by atoms with Gasteiger partial charge in [-0.3, -0.25) is 9.59 Å². The maximum atomic E-state index is 11.7. The molecular weight excluding hydrogens is 311 g/mol. The van der Waals surface area contributed by atoms with Crippen molar-refractivity contribution in [3.8, 4) is 0 Å². The highest BCUT2D eigenvalue weighted by Crippen LogP contribution is 2.39. The molecule has 0 aromatic carbocycles. The number of anilines is 1. The van der Waals surface area contributed by atoms with Gasteiger partial charge in [-0.2, -0.15) is 0 Å². The van der Waals surface area contributed by atoms with E-state index in [4.69, 9.17) is 16.7 Å². The number of pyridine rings is 1. The first kappa shape index (κ1) is 12.3. The lowest BCUT2D eigenvalue weighted by atomic mass is 10.3. The van der Waals surface area contributed by atoms with E-state index in [0.29, 0.717) is 16.6 Å². The van der Waals surface area contributed by atoms with Crippen LogP contribution in [0, 0.1) is 11.8 Å². The number of rotatable bonds is 3. The third-order valence-corrected chi connectivity index (χ3v) is 3.24. The maximum absolute atomic E-state index is 11.7. The first-order valence-electron chi connectivity index (χ1n) is 4.83. The smallest absolute Gasteiger partial charge is 0.307 e. The molecule has 1 amide bonds. The molecule has 1 fully saturated rings. The zero-order valence-corrected chi connectivity index (χ0v) is 10.8. The molecular formula is C10H8BrClN2O3. The van der Waals surface area contributed by atoms with Gasteiger partial charge in [-0.05, 0) is 28.4 Å². The number of halogens is 2. The fraction of sp³-hybridized carbons (Fsp3) is 0.300. The molecule has 1 aromatic rings. The fourth-order valence-electron chi connectivity index (χ4n) is 1.49. The van der Waals surface area contributed by atoms with Gasteiger partial charge in [0.05, 0.1) is 17.5 Å².